The topological polar surface area (TPSA) is 79.2 Å². The van der Waals surface area contributed by atoms with E-state index in [4.69, 9.17) is 4.74 Å². The van der Waals surface area contributed by atoms with E-state index < -0.39 is 11.9 Å². The van der Waals surface area contributed by atoms with Crippen LogP contribution in [0.25, 0.3) is 0 Å². The summed E-state index contributed by atoms with van der Waals surface area (Å²) in [4.78, 5) is 11.5. The number of methoxy groups -OCH3 is 1. The summed E-state index contributed by atoms with van der Waals surface area (Å²) in [5, 5.41) is 19.7. The van der Waals surface area contributed by atoms with Crippen LogP contribution in [0, 0.1) is 12.7 Å². The molecular weight excluding hydrogens is 317 g/mol. The van der Waals surface area contributed by atoms with Crippen molar-refractivity contribution in [3.8, 4) is 5.75 Å². The number of aliphatic hydroxyl groups is 1. The van der Waals surface area contributed by atoms with Crippen molar-refractivity contribution in [1.29, 1.82) is 0 Å². The van der Waals surface area contributed by atoms with Gasteiger partial charge >= 0.3 is 6.09 Å². The van der Waals surface area contributed by atoms with Gasteiger partial charge in [0, 0.05) is 5.56 Å². The molecule has 0 saturated carbocycles. The minimum Gasteiger partial charge on any atom is -0.486 e. The van der Waals surface area contributed by atoms with E-state index >= 15 is 0 Å². The molecule has 2 rings (SSSR count). The van der Waals surface area contributed by atoms with Crippen molar-refractivity contribution in [2.24, 2.45) is 0 Å². The summed E-state index contributed by atoms with van der Waals surface area (Å²) in [7, 11) is 1.12. The van der Waals surface area contributed by atoms with Crippen molar-refractivity contribution in [1.82, 2.24) is 0 Å². The van der Waals surface area contributed by atoms with E-state index in [1.807, 2.05) is 0 Å². The average molecular weight is 335 g/mol. The molecule has 0 unspecified atom stereocenters. The smallest absolute Gasteiger partial charge is 0.438 e. The van der Waals surface area contributed by atoms with Crippen LogP contribution in [0.5, 0.6) is 5.75 Å². The highest BCUT2D eigenvalue weighted by molar-refractivity contribution is 5.86. The molecule has 0 atom stereocenters. The maximum atomic E-state index is 13.9. The van der Waals surface area contributed by atoms with Crippen molar-refractivity contribution in [2.45, 2.75) is 20.1 Å². The Kier molecular flexibility index (Phi) is 5.73. The van der Waals surface area contributed by atoms with Gasteiger partial charge in [0.25, 0.3) is 0 Å². The molecule has 0 aliphatic heterocycles. The first kappa shape index (κ1) is 17.7. The third-order valence-corrected chi connectivity index (χ3v) is 3.45. The molecule has 0 fully saturated rings. The number of rotatable bonds is 5. The SMILES string of the molecule is COC(=O)N(O)c1cccc(CO)c1COc1ccc(C)cc1F. The van der Waals surface area contributed by atoms with Gasteiger partial charge in [-0.3, -0.25) is 5.21 Å². The molecule has 128 valence electrons. The van der Waals surface area contributed by atoms with Gasteiger partial charge in [-0.1, -0.05) is 18.2 Å². The van der Waals surface area contributed by atoms with E-state index in [0.717, 1.165) is 12.7 Å². The molecule has 7 heteroatoms. The molecule has 0 radical (unpaired) electrons. The van der Waals surface area contributed by atoms with Gasteiger partial charge in [-0.2, -0.15) is 5.06 Å². The van der Waals surface area contributed by atoms with E-state index in [2.05, 4.69) is 4.74 Å². The normalized spacial score (nSPS) is 10.4. The minimum atomic E-state index is -0.993. The van der Waals surface area contributed by atoms with E-state index in [9.17, 15) is 19.5 Å². The number of hydrogen-bond acceptors (Lipinski definition) is 5. The Morgan fingerprint density at radius 2 is 2.04 bits per heavy atom. The molecule has 0 aromatic heterocycles. The third kappa shape index (κ3) is 3.81. The quantitative estimate of drug-likeness (QED) is 0.648. The Labute approximate surface area is 138 Å². The Hall–Kier alpha value is -2.64. The van der Waals surface area contributed by atoms with Crippen molar-refractivity contribution in [3.63, 3.8) is 0 Å². The second-order valence-electron chi connectivity index (χ2n) is 5.08. The molecule has 0 bridgehead atoms. The Balaban J connectivity index is 2.32. The number of benzene rings is 2. The first-order chi connectivity index (χ1) is 11.5. The summed E-state index contributed by atoms with van der Waals surface area (Å²) in [5.41, 5.74) is 1.61. The molecule has 1 amide bonds. The zero-order valence-electron chi connectivity index (χ0n) is 13.3. The fourth-order valence-electron chi connectivity index (χ4n) is 2.19. The standard InChI is InChI=1S/C17H18FNO5/c1-11-6-7-16(14(18)8-11)24-10-13-12(9-20)4-3-5-15(13)19(22)17(21)23-2/h3-8,20,22H,9-10H2,1-2H3. The second kappa shape index (κ2) is 7.76. The van der Waals surface area contributed by atoms with Crippen LogP contribution in [-0.4, -0.2) is 23.5 Å². The van der Waals surface area contributed by atoms with Gasteiger partial charge in [0.15, 0.2) is 11.6 Å². The summed E-state index contributed by atoms with van der Waals surface area (Å²) in [5.74, 6) is -0.492. The predicted octanol–water partition coefficient (Wildman–Crippen LogP) is 3.17. The lowest BCUT2D eigenvalue weighted by Gasteiger charge is -2.20. The number of nitrogens with zero attached hydrogens (tertiary/aromatic N) is 1. The number of halogens is 1. The van der Waals surface area contributed by atoms with Gasteiger partial charge in [0.2, 0.25) is 0 Å². The minimum absolute atomic E-state index is 0.0295. The molecule has 0 heterocycles. The van der Waals surface area contributed by atoms with Crippen LogP contribution in [0.3, 0.4) is 0 Å². The van der Waals surface area contributed by atoms with E-state index in [0.29, 0.717) is 16.2 Å². The number of amides is 1. The van der Waals surface area contributed by atoms with Gasteiger partial charge in [-0.15, -0.1) is 0 Å². The first-order valence-corrected chi connectivity index (χ1v) is 7.15. The molecule has 2 aromatic carbocycles. The molecule has 24 heavy (non-hydrogen) atoms. The molecule has 2 aromatic rings. The summed E-state index contributed by atoms with van der Waals surface area (Å²) in [6, 6.07) is 9.15. The third-order valence-electron chi connectivity index (χ3n) is 3.45. The number of ether oxygens (including phenoxy) is 2. The van der Waals surface area contributed by atoms with Crippen molar-refractivity contribution >= 4 is 11.8 Å². The van der Waals surface area contributed by atoms with E-state index in [-0.39, 0.29) is 24.7 Å². The molecule has 0 saturated heterocycles. The van der Waals surface area contributed by atoms with Crippen LogP contribution >= 0.6 is 0 Å². The lowest BCUT2D eigenvalue weighted by atomic mass is 10.1. The molecule has 6 nitrogen and oxygen atoms in total. The van der Waals surface area contributed by atoms with Crippen LogP contribution in [0.15, 0.2) is 36.4 Å². The number of anilines is 1. The fourth-order valence-corrected chi connectivity index (χ4v) is 2.19. The van der Waals surface area contributed by atoms with Crippen molar-refractivity contribution in [3.05, 3.63) is 58.9 Å². The second-order valence-corrected chi connectivity index (χ2v) is 5.08. The first-order valence-electron chi connectivity index (χ1n) is 7.15. The number of hydroxylamine groups is 1. The predicted molar refractivity (Wildman–Crippen MR) is 84.5 cm³/mol. The molecule has 0 aliphatic rings. The van der Waals surface area contributed by atoms with Crippen LogP contribution < -0.4 is 9.80 Å². The fraction of sp³-hybridized carbons (Fsp3) is 0.235. The van der Waals surface area contributed by atoms with Crippen LogP contribution in [-0.2, 0) is 18.0 Å². The van der Waals surface area contributed by atoms with Crippen LogP contribution in [0.2, 0.25) is 0 Å². The Morgan fingerprint density at radius 1 is 1.29 bits per heavy atom. The Morgan fingerprint density at radius 3 is 2.67 bits per heavy atom. The summed E-state index contributed by atoms with van der Waals surface area (Å²) in [6.45, 7) is 1.27. The summed E-state index contributed by atoms with van der Waals surface area (Å²) in [6.07, 6.45) is -0.993. The monoisotopic (exact) mass is 335 g/mol. The molecule has 2 N–H and O–H groups in total. The van der Waals surface area contributed by atoms with Gasteiger partial charge in [0.1, 0.15) is 6.61 Å². The number of aryl methyl sites for hydroxylation is 1. The molecular formula is C17H18FNO5. The summed E-state index contributed by atoms with van der Waals surface area (Å²) < 4.78 is 23.8. The van der Waals surface area contributed by atoms with Crippen LogP contribution in [0.1, 0.15) is 16.7 Å². The zero-order chi connectivity index (χ0) is 17.7. The van der Waals surface area contributed by atoms with E-state index in [1.165, 1.54) is 18.2 Å². The van der Waals surface area contributed by atoms with Crippen molar-refractivity contribution in [2.75, 3.05) is 12.2 Å². The highest BCUT2D eigenvalue weighted by Crippen LogP contribution is 2.27. The van der Waals surface area contributed by atoms with Crippen LogP contribution in [0.4, 0.5) is 14.9 Å². The number of carbonyl (C=O) groups excluding carboxylic acids is 1. The largest absolute Gasteiger partial charge is 0.486 e. The molecule has 0 aliphatic carbocycles. The van der Waals surface area contributed by atoms with Crippen molar-refractivity contribution < 1.29 is 29.0 Å². The lowest BCUT2D eigenvalue weighted by molar-refractivity contribution is 0.140. The number of aliphatic hydroxyl groups excluding tert-OH is 1. The van der Waals surface area contributed by atoms with Gasteiger partial charge in [-0.25, -0.2) is 9.18 Å². The summed E-state index contributed by atoms with van der Waals surface area (Å²) >= 11 is 0. The maximum absolute atomic E-state index is 13.9. The number of carbonyl (C=O) groups is 1. The molecule has 0 spiro atoms. The Bertz CT molecular complexity index is 735. The van der Waals surface area contributed by atoms with Gasteiger partial charge < -0.3 is 14.6 Å². The maximum Gasteiger partial charge on any atom is 0.438 e. The number of hydrogen-bond donors (Lipinski definition) is 2. The van der Waals surface area contributed by atoms with Gasteiger partial charge in [-0.05, 0) is 36.2 Å². The van der Waals surface area contributed by atoms with E-state index in [1.54, 1.807) is 25.1 Å². The zero-order valence-corrected chi connectivity index (χ0v) is 13.3. The highest BCUT2D eigenvalue weighted by Gasteiger charge is 2.20. The average Bonchev–Trinajstić information content (AvgIpc) is 2.59. The highest BCUT2D eigenvalue weighted by atomic mass is 19.1. The lowest BCUT2D eigenvalue weighted by Crippen LogP contribution is -2.28. The van der Waals surface area contributed by atoms with Gasteiger partial charge in [0.05, 0.1) is 19.4 Å².